The van der Waals surface area contributed by atoms with Gasteiger partial charge in [-0.1, -0.05) is 25.1 Å². The third kappa shape index (κ3) is 3.65. The van der Waals surface area contributed by atoms with E-state index in [9.17, 15) is 13.2 Å². The number of aromatic nitrogens is 1. The molecule has 1 saturated heterocycles. The number of nitrogens with zero attached hydrogens (tertiary/aromatic N) is 2. The normalized spacial score (nSPS) is 16.6. The van der Waals surface area contributed by atoms with E-state index < -0.39 is 10.0 Å². The lowest BCUT2D eigenvalue weighted by Crippen LogP contribution is -2.49. The van der Waals surface area contributed by atoms with Gasteiger partial charge in [-0.15, -0.1) is 11.3 Å². The minimum Gasteiger partial charge on any atom is -0.360 e. The zero-order valence-electron chi connectivity index (χ0n) is 15.7. The summed E-state index contributed by atoms with van der Waals surface area (Å²) in [6, 6.07) is 11.3. The lowest BCUT2D eigenvalue weighted by molar-refractivity contribution is 0.0903. The molecule has 0 radical (unpaired) electrons. The Labute approximate surface area is 168 Å². The summed E-state index contributed by atoms with van der Waals surface area (Å²) in [5.74, 6) is 0.0552. The molecule has 3 heterocycles. The number of Topliss-reactive ketones (excluding diaryl/α,β-unsaturated/α-hetero) is 1. The number of ketones is 1. The number of carbonyl (C=O) groups is 1. The fourth-order valence-electron chi connectivity index (χ4n) is 3.53. The molecule has 3 aromatic rings. The Morgan fingerprint density at radius 1 is 1.11 bits per heavy atom. The molecule has 0 spiro atoms. The molecule has 0 aliphatic carbocycles. The number of piperazine rings is 1. The van der Waals surface area contributed by atoms with E-state index in [1.54, 1.807) is 12.3 Å². The number of thiophene rings is 1. The number of rotatable bonds is 6. The number of aryl methyl sites for hydroxylation is 1. The molecule has 148 valence electrons. The summed E-state index contributed by atoms with van der Waals surface area (Å²) >= 11 is 1.34. The van der Waals surface area contributed by atoms with Crippen LogP contribution in [0.3, 0.4) is 0 Å². The van der Waals surface area contributed by atoms with Crippen LogP contribution in [0.4, 0.5) is 0 Å². The fourth-order valence-corrected chi connectivity index (χ4v) is 6.40. The molecule has 0 bridgehead atoms. The first-order valence-electron chi connectivity index (χ1n) is 9.39. The smallest absolute Gasteiger partial charge is 0.252 e. The zero-order chi connectivity index (χ0) is 19.7. The Hall–Kier alpha value is -2.00. The van der Waals surface area contributed by atoms with Gasteiger partial charge in [-0.2, -0.15) is 4.31 Å². The summed E-state index contributed by atoms with van der Waals surface area (Å²) in [4.78, 5) is 19.0. The van der Waals surface area contributed by atoms with Gasteiger partial charge in [0.2, 0.25) is 0 Å². The molecule has 1 N–H and O–H groups in total. The monoisotopic (exact) mass is 417 g/mol. The summed E-state index contributed by atoms with van der Waals surface area (Å²) in [6.07, 6.45) is 2.60. The number of benzene rings is 1. The van der Waals surface area contributed by atoms with Gasteiger partial charge < -0.3 is 4.98 Å². The van der Waals surface area contributed by atoms with E-state index in [-0.39, 0.29) is 5.78 Å². The lowest BCUT2D eigenvalue weighted by Gasteiger charge is -2.33. The molecule has 0 amide bonds. The van der Waals surface area contributed by atoms with Crippen molar-refractivity contribution >= 4 is 38.0 Å². The Bertz CT molecular complexity index is 1090. The Kier molecular flexibility index (Phi) is 5.37. The topological polar surface area (TPSA) is 73.5 Å². The van der Waals surface area contributed by atoms with Gasteiger partial charge in [0, 0.05) is 53.7 Å². The summed E-state index contributed by atoms with van der Waals surface area (Å²) in [5.41, 5.74) is 1.64. The molecule has 1 aromatic carbocycles. The number of fused-ring (bicyclic) bond motifs is 1. The second kappa shape index (κ2) is 7.79. The quantitative estimate of drug-likeness (QED) is 0.626. The Morgan fingerprint density at radius 3 is 2.57 bits per heavy atom. The molecular weight excluding hydrogens is 394 g/mol. The summed E-state index contributed by atoms with van der Waals surface area (Å²) < 4.78 is 27.6. The fraction of sp³-hybridized carbons (Fsp3) is 0.350. The van der Waals surface area contributed by atoms with Crippen LogP contribution in [-0.4, -0.2) is 61.1 Å². The highest BCUT2D eigenvalue weighted by molar-refractivity contribution is 7.91. The summed E-state index contributed by atoms with van der Waals surface area (Å²) in [6.45, 7) is 4.24. The van der Waals surface area contributed by atoms with E-state index >= 15 is 0 Å². The molecule has 2 aromatic heterocycles. The largest absolute Gasteiger partial charge is 0.360 e. The van der Waals surface area contributed by atoms with Crippen LogP contribution in [-0.2, 0) is 16.4 Å². The van der Waals surface area contributed by atoms with E-state index in [1.807, 2.05) is 42.2 Å². The number of hydrogen-bond acceptors (Lipinski definition) is 5. The maximum Gasteiger partial charge on any atom is 0.252 e. The van der Waals surface area contributed by atoms with Crippen molar-refractivity contribution in [2.45, 2.75) is 17.6 Å². The summed E-state index contributed by atoms with van der Waals surface area (Å²) in [7, 11) is -3.44. The first-order valence-corrected chi connectivity index (χ1v) is 11.6. The second-order valence-electron chi connectivity index (χ2n) is 6.93. The van der Waals surface area contributed by atoms with Crippen molar-refractivity contribution in [2.75, 3.05) is 32.7 Å². The molecule has 1 fully saturated rings. The second-order valence-corrected chi connectivity index (χ2v) is 10.3. The third-order valence-electron chi connectivity index (χ3n) is 5.17. The maximum absolute atomic E-state index is 12.8. The number of para-hydroxylation sites is 1. The molecular formula is C20H23N3O3S2. The minimum absolute atomic E-state index is 0.0552. The molecule has 0 atom stereocenters. The van der Waals surface area contributed by atoms with Gasteiger partial charge in [-0.05, 0) is 24.6 Å². The molecule has 0 unspecified atom stereocenters. The average molecular weight is 418 g/mol. The zero-order valence-corrected chi connectivity index (χ0v) is 17.4. The number of H-pyrrole nitrogens is 1. The Balaban J connectivity index is 1.39. The minimum atomic E-state index is -3.44. The maximum atomic E-state index is 12.8. The molecule has 8 heteroatoms. The van der Waals surface area contributed by atoms with E-state index in [0.29, 0.717) is 42.5 Å². The average Bonchev–Trinajstić information content (AvgIpc) is 3.36. The lowest BCUT2D eigenvalue weighted by atomic mass is 10.1. The van der Waals surface area contributed by atoms with Gasteiger partial charge in [0.25, 0.3) is 10.0 Å². The third-order valence-corrected chi connectivity index (χ3v) is 8.76. The molecule has 28 heavy (non-hydrogen) atoms. The highest BCUT2D eigenvalue weighted by Crippen LogP contribution is 2.26. The molecule has 1 aliphatic heterocycles. The molecule has 4 rings (SSSR count). The van der Waals surface area contributed by atoms with Gasteiger partial charge >= 0.3 is 0 Å². The van der Waals surface area contributed by atoms with Crippen LogP contribution in [0, 0.1) is 0 Å². The van der Waals surface area contributed by atoms with E-state index in [4.69, 9.17) is 0 Å². The van der Waals surface area contributed by atoms with Crippen LogP contribution in [0.1, 0.15) is 22.2 Å². The van der Waals surface area contributed by atoms with Crippen molar-refractivity contribution in [3.8, 4) is 0 Å². The van der Waals surface area contributed by atoms with Crippen LogP contribution < -0.4 is 0 Å². The van der Waals surface area contributed by atoms with Gasteiger partial charge in [0.15, 0.2) is 5.78 Å². The van der Waals surface area contributed by atoms with E-state index in [0.717, 1.165) is 22.2 Å². The predicted molar refractivity (Wildman–Crippen MR) is 112 cm³/mol. The Morgan fingerprint density at radius 2 is 1.86 bits per heavy atom. The van der Waals surface area contributed by atoms with Crippen molar-refractivity contribution < 1.29 is 13.2 Å². The van der Waals surface area contributed by atoms with E-state index in [1.165, 1.54) is 15.6 Å². The molecule has 6 nitrogen and oxygen atoms in total. The SMILES string of the molecule is CCc1ccc(S(=O)(=O)N2CCN(CC(=O)c3c[nH]c4ccccc34)CC2)s1. The van der Waals surface area contributed by atoms with Gasteiger partial charge in [-0.25, -0.2) is 8.42 Å². The standard InChI is InChI=1S/C20H23N3O3S2/c1-2-15-7-8-20(27-15)28(25,26)23-11-9-22(10-12-23)14-19(24)17-13-21-18-6-4-3-5-16(17)18/h3-8,13,21H,2,9-12,14H2,1H3. The molecule has 1 aliphatic rings. The van der Waals surface area contributed by atoms with Crippen LogP contribution >= 0.6 is 11.3 Å². The first-order chi connectivity index (χ1) is 13.5. The van der Waals surface area contributed by atoms with Crippen molar-refractivity contribution in [2.24, 2.45) is 0 Å². The van der Waals surface area contributed by atoms with Crippen molar-refractivity contribution in [1.82, 2.24) is 14.2 Å². The van der Waals surface area contributed by atoms with Crippen molar-refractivity contribution in [3.63, 3.8) is 0 Å². The van der Waals surface area contributed by atoms with E-state index in [2.05, 4.69) is 4.98 Å². The number of hydrogen-bond donors (Lipinski definition) is 1. The first kappa shape index (κ1) is 19.3. The predicted octanol–water partition coefficient (Wildman–Crippen LogP) is 2.98. The van der Waals surface area contributed by atoms with Crippen LogP contribution in [0.5, 0.6) is 0 Å². The summed E-state index contributed by atoms with van der Waals surface area (Å²) in [5, 5.41) is 0.929. The van der Waals surface area contributed by atoms with Crippen molar-refractivity contribution in [1.29, 1.82) is 0 Å². The van der Waals surface area contributed by atoms with Crippen molar-refractivity contribution in [3.05, 3.63) is 53.0 Å². The highest BCUT2D eigenvalue weighted by Gasteiger charge is 2.30. The van der Waals surface area contributed by atoms with Crippen LogP contribution in [0.2, 0.25) is 0 Å². The van der Waals surface area contributed by atoms with Crippen LogP contribution in [0.15, 0.2) is 46.8 Å². The van der Waals surface area contributed by atoms with Gasteiger partial charge in [0.05, 0.1) is 6.54 Å². The number of sulfonamides is 1. The number of carbonyl (C=O) groups excluding carboxylic acids is 1. The highest BCUT2D eigenvalue weighted by atomic mass is 32.2. The number of nitrogens with one attached hydrogen (secondary N) is 1. The van der Waals surface area contributed by atoms with Gasteiger partial charge in [0.1, 0.15) is 4.21 Å². The molecule has 0 saturated carbocycles. The van der Waals surface area contributed by atoms with Crippen LogP contribution in [0.25, 0.3) is 10.9 Å². The van der Waals surface area contributed by atoms with Gasteiger partial charge in [-0.3, -0.25) is 9.69 Å². The number of aromatic amines is 1.